The second-order valence-electron chi connectivity index (χ2n) is 7.46. The van der Waals surface area contributed by atoms with Crippen LogP contribution in [0.2, 0.25) is 0 Å². The lowest BCUT2D eigenvalue weighted by molar-refractivity contribution is -0.147. The third kappa shape index (κ3) is 6.20. The summed E-state index contributed by atoms with van der Waals surface area (Å²) in [5, 5.41) is 14.7. The lowest BCUT2D eigenvalue weighted by Crippen LogP contribution is -2.42. The van der Waals surface area contributed by atoms with Crippen molar-refractivity contribution in [3.63, 3.8) is 0 Å². The van der Waals surface area contributed by atoms with Crippen LogP contribution in [0.25, 0.3) is 0 Å². The average Bonchev–Trinajstić information content (AvgIpc) is 2.87. The summed E-state index contributed by atoms with van der Waals surface area (Å²) in [6.45, 7) is 6.63. The van der Waals surface area contributed by atoms with E-state index in [2.05, 4.69) is 10.6 Å². The summed E-state index contributed by atoms with van der Waals surface area (Å²) in [5.41, 5.74) is -0.684. The number of hydrogen-bond acceptors (Lipinski definition) is 6. The fourth-order valence-electron chi connectivity index (χ4n) is 3.29. The quantitative estimate of drug-likeness (QED) is 0.587. The molecular formula is C17H28N2O7. The highest BCUT2D eigenvalue weighted by Gasteiger charge is 2.49. The van der Waals surface area contributed by atoms with Gasteiger partial charge in [0.15, 0.2) is 0 Å². The van der Waals surface area contributed by atoms with Gasteiger partial charge in [-0.05, 0) is 39.0 Å². The number of aliphatic carboxylic acids is 1. The van der Waals surface area contributed by atoms with Crippen LogP contribution in [0.3, 0.4) is 0 Å². The van der Waals surface area contributed by atoms with E-state index in [-0.39, 0.29) is 25.4 Å². The molecular weight excluding hydrogens is 344 g/mol. The van der Waals surface area contributed by atoms with E-state index in [1.807, 2.05) is 0 Å². The van der Waals surface area contributed by atoms with Crippen LogP contribution in [0.1, 0.15) is 34.1 Å². The first-order valence-electron chi connectivity index (χ1n) is 8.48. The lowest BCUT2D eigenvalue weighted by Gasteiger charge is -2.26. The summed E-state index contributed by atoms with van der Waals surface area (Å²) in [6, 6.07) is 0. The molecule has 0 aromatic carbocycles. The first-order valence-corrected chi connectivity index (χ1v) is 8.48. The summed E-state index contributed by atoms with van der Waals surface area (Å²) < 4.78 is 9.95. The van der Waals surface area contributed by atoms with Crippen LogP contribution < -0.4 is 10.6 Å². The average molecular weight is 372 g/mol. The Balaban J connectivity index is 2.94. The first-order chi connectivity index (χ1) is 12.0. The lowest BCUT2D eigenvalue weighted by atomic mass is 9.86. The van der Waals surface area contributed by atoms with Crippen molar-refractivity contribution in [1.29, 1.82) is 0 Å². The number of amides is 2. The summed E-state index contributed by atoms with van der Waals surface area (Å²) in [6.07, 6.45) is -0.575. The molecule has 9 heteroatoms. The van der Waals surface area contributed by atoms with Gasteiger partial charge in [0.2, 0.25) is 5.91 Å². The molecule has 0 radical (unpaired) electrons. The molecule has 1 rings (SSSR count). The SMILES string of the molecule is COC(=O)[C@@H]1C[C@H](C(=O)O)[C@@H](CNC(=O)OC(C)(C)C)[C@H]1CNC(C)=O. The molecule has 148 valence electrons. The molecule has 2 amide bonds. The number of carbonyl (C=O) groups excluding carboxylic acids is 3. The molecule has 1 saturated carbocycles. The predicted octanol–water partition coefficient (Wildman–Crippen LogP) is 0.773. The monoisotopic (exact) mass is 372 g/mol. The summed E-state index contributed by atoms with van der Waals surface area (Å²) >= 11 is 0. The molecule has 0 heterocycles. The van der Waals surface area contributed by atoms with Gasteiger partial charge in [0.25, 0.3) is 0 Å². The summed E-state index contributed by atoms with van der Waals surface area (Å²) in [7, 11) is 1.24. The molecule has 0 aliphatic heterocycles. The third-order valence-corrected chi connectivity index (χ3v) is 4.38. The molecule has 0 aromatic rings. The van der Waals surface area contributed by atoms with Gasteiger partial charge in [-0.2, -0.15) is 0 Å². The zero-order valence-corrected chi connectivity index (χ0v) is 15.8. The molecule has 26 heavy (non-hydrogen) atoms. The molecule has 1 fully saturated rings. The molecule has 0 aromatic heterocycles. The Kier molecular flexibility index (Phi) is 7.41. The van der Waals surface area contributed by atoms with Gasteiger partial charge in [0.1, 0.15) is 5.60 Å². The van der Waals surface area contributed by atoms with Gasteiger partial charge >= 0.3 is 18.0 Å². The van der Waals surface area contributed by atoms with E-state index in [1.165, 1.54) is 14.0 Å². The van der Waals surface area contributed by atoms with Crippen molar-refractivity contribution in [3.8, 4) is 0 Å². The molecule has 4 atom stereocenters. The van der Waals surface area contributed by atoms with Crippen LogP contribution in [0.15, 0.2) is 0 Å². The highest BCUT2D eigenvalue weighted by molar-refractivity contribution is 5.78. The minimum Gasteiger partial charge on any atom is -0.481 e. The highest BCUT2D eigenvalue weighted by atomic mass is 16.6. The number of alkyl carbamates (subject to hydrolysis) is 1. The Bertz CT molecular complexity index is 556. The van der Waals surface area contributed by atoms with Crippen LogP contribution in [0.4, 0.5) is 4.79 Å². The van der Waals surface area contributed by atoms with E-state index in [0.29, 0.717) is 0 Å². The van der Waals surface area contributed by atoms with Crippen LogP contribution in [0, 0.1) is 23.7 Å². The second-order valence-corrected chi connectivity index (χ2v) is 7.46. The Hall–Kier alpha value is -2.32. The number of methoxy groups -OCH3 is 1. The number of carbonyl (C=O) groups is 4. The number of rotatable bonds is 6. The van der Waals surface area contributed by atoms with Crippen molar-refractivity contribution in [2.45, 2.75) is 39.7 Å². The minimum absolute atomic E-state index is 0.0175. The molecule has 1 aliphatic rings. The number of hydrogen-bond donors (Lipinski definition) is 3. The van der Waals surface area contributed by atoms with E-state index in [9.17, 15) is 24.3 Å². The normalized spacial score (nSPS) is 25.3. The van der Waals surface area contributed by atoms with Gasteiger partial charge in [0.05, 0.1) is 18.9 Å². The molecule has 9 nitrogen and oxygen atoms in total. The smallest absolute Gasteiger partial charge is 0.407 e. The van der Waals surface area contributed by atoms with Crippen molar-refractivity contribution in [2.24, 2.45) is 23.7 Å². The molecule has 0 bridgehead atoms. The third-order valence-electron chi connectivity index (χ3n) is 4.38. The van der Waals surface area contributed by atoms with Crippen molar-refractivity contribution in [1.82, 2.24) is 10.6 Å². The topological polar surface area (TPSA) is 131 Å². The van der Waals surface area contributed by atoms with E-state index < -0.39 is 47.3 Å². The van der Waals surface area contributed by atoms with E-state index in [0.717, 1.165) is 0 Å². The van der Waals surface area contributed by atoms with Gasteiger partial charge in [-0.15, -0.1) is 0 Å². The van der Waals surface area contributed by atoms with Gasteiger partial charge in [-0.3, -0.25) is 14.4 Å². The first kappa shape index (κ1) is 21.7. The maximum atomic E-state index is 12.1. The fourth-order valence-corrected chi connectivity index (χ4v) is 3.29. The number of nitrogens with one attached hydrogen (secondary N) is 2. The molecule has 0 unspecified atom stereocenters. The van der Waals surface area contributed by atoms with Crippen LogP contribution in [0.5, 0.6) is 0 Å². The molecule has 0 spiro atoms. The number of carboxylic acids is 1. The zero-order chi connectivity index (χ0) is 20.1. The number of carboxylic acid groups (broad SMARTS) is 1. The Morgan fingerprint density at radius 1 is 1.04 bits per heavy atom. The highest BCUT2D eigenvalue weighted by Crippen LogP contribution is 2.42. The maximum absolute atomic E-state index is 12.1. The van der Waals surface area contributed by atoms with Crippen molar-refractivity contribution in [2.75, 3.05) is 20.2 Å². The van der Waals surface area contributed by atoms with Crippen molar-refractivity contribution < 1.29 is 33.8 Å². The summed E-state index contributed by atoms with van der Waals surface area (Å²) in [5.74, 6) is -4.39. The second kappa shape index (κ2) is 8.86. The molecule has 3 N–H and O–H groups in total. The van der Waals surface area contributed by atoms with Crippen molar-refractivity contribution in [3.05, 3.63) is 0 Å². The predicted molar refractivity (Wildman–Crippen MR) is 91.1 cm³/mol. The van der Waals surface area contributed by atoms with Gasteiger partial charge in [-0.25, -0.2) is 4.79 Å². The maximum Gasteiger partial charge on any atom is 0.407 e. The Morgan fingerprint density at radius 2 is 1.58 bits per heavy atom. The zero-order valence-electron chi connectivity index (χ0n) is 15.8. The Labute approximate surface area is 152 Å². The van der Waals surface area contributed by atoms with Crippen molar-refractivity contribution >= 4 is 23.9 Å². The largest absolute Gasteiger partial charge is 0.481 e. The minimum atomic E-state index is -1.06. The Morgan fingerprint density at radius 3 is 2.04 bits per heavy atom. The van der Waals surface area contributed by atoms with E-state index in [4.69, 9.17) is 9.47 Å². The van der Waals surface area contributed by atoms with Gasteiger partial charge in [-0.1, -0.05) is 0 Å². The number of esters is 1. The molecule has 0 saturated heterocycles. The van der Waals surface area contributed by atoms with Gasteiger partial charge in [0, 0.05) is 20.0 Å². The van der Waals surface area contributed by atoms with Crippen LogP contribution in [-0.4, -0.2) is 54.8 Å². The van der Waals surface area contributed by atoms with Gasteiger partial charge < -0.3 is 25.2 Å². The standard InChI is InChI=1S/C17H28N2O7/c1-9(20)18-7-13-11(15(23)25-5)6-10(14(21)22)12(13)8-19-16(24)26-17(2,3)4/h10-13H,6-8H2,1-5H3,(H,18,20)(H,19,24)(H,21,22)/t10-,11+,12+,13-/m0/s1. The van der Waals surface area contributed by atoms with Crippen LogP contribution in [-0.2, 0) is 23.9 Å². The summed E-state index contributed by atoms with van der Waals surface area (Å²) in [4.78, 5) is 46.9. The number of ether oxygens (including phenoxy) is 2. The molecule has 1 aliphatic carbocycles. The van der Waals surface area contributed by atoms with Crippen LogP contribution >= 0.6 is 0 Å². The fraction of sp³-hybridized carbons (Fsp3) is 0.765. The van der Waals surface area contributed by atoms with E-state index in [1.54, 1.807) is 20.8 Å². The van der Waals surface area contributed by atoms with E-state index >= 15 is 0 Å².